The van der Waals surface area contributed by atoms with E-state index >= 15 is 0 Å². The lowest BCUT2D eigenvalue weighted by Gasteiger charge is -2.11. The predicted molar refractivity (Wildman–Crippen MR) is 74.3 cm³/mol. The first-order valence-electron chi connectivity index (χ1n) is 6.24. The zero-order chi connectivity index (χ0) is 15.0. The zero-order valence-corrected chi connectivity index (χ0v) is 12.5. The molecule has 0 saturated carbocycles. The van der Waals surface area contributed by atoms with Crippen LogP contribution in [0.25, 0.3) is 0 Å². The summed E-state index contributed by atoms with van der Waals surface area (Å²) in [6.45, 7) is 5.26. The quantitative estimate of drug-likeness (QED) is 0.566. The molecule has 0 saturated heterocycles. The second-order valence-electron chi connectivity index (χ2n) is 3.90. The normalized spacial score (nSPS) is 11.9. The van der Waals surface area contributed by atoms with Crippen molar-refractivity contribution in [2.75, 3.05) is 20.1 Å². The summed E-state index contributed by atoms with van der Waals surface area (Å²) in [5.41, 5.74) is 0. The molecule has 112 valence electrons. The number of likely N-dealkylation sites (N-methyl/N-ethyl adjacent to an activating group) is 1. The molecule has 0 aliphatic heterocycles. The van der Waals surface area contributed by atoms with E-state index in [0.717, 1.165) is 6.54 Å². The van der Waals surface area contributed by atoms with Gasteiger partial charge in [0.2, 0.25) is 11.1 Å². The van der Waals surface area contributed by atoms with E-state index in [1.807, 2.05) is 7.05 Å². The number of urea groups is 1. The summed E-state index contributed by atoms with van der Waals surface area (Å²) in [5, 5.41) is 19.1. The molecule has 1 unspecified atom stereocenters. The lowest BCUT2D eigenvalue weighted by Crippen LogP contribution is -2.42. The maximum absolute atomic E-state index is 11.8. The summed E-state index contributed by atoms with van der Waals surface area (Å²) in [4.78, 5) is 23.1. The molecule has 3 amide bonds. The molecule has 0 aliphatic carbocycles. The Morgan fingerprint density at radius 3 is 2.85 bits per heavy atom. The van der Waals surface area contributed by atoms with Gasteiger partial charge in [-0.3, -0.25) is 10.1 Å². The van der Waals surface area contributed by atoms with Crippen LogP contribution < -0.4 is 16.0 Å². The Hall–Kier alpha value is -1.68. The molecule has 0 aliphatic rings. The van der Waals surface area contributed by atoms with Gasteiger partial charge in [0.15, 0.2) is 0 Å². The number of imide groups is 1. The van der Waals surface area contributed by atoms with Crippen LogP contribution in [0.5, 0.6) is 0 Å². The first-order valence-corrected chi connectivity index (χ1v) is 7.12. The van der Waals surface area contributed by atoms with Crippen LogP contribution in [0.1, 0.15) is 13.8 Å². The Morgan fingerprint density at radius 1 is 1.45 bits per heavy atom. The van der Waals surface area contributed by atoms with Crippen LogP contribution in [0.4, 0.5) is 4.79 Å². The van der Waals surface area contributed by atoms with E-state index in [-0.39, 0.29) is 5.91 Å². The maximum Gasteiger partial charge on any atom is 0.321 e. The topological polar surface area (TPSA) is 114 Å². The van der Waals surface area contributed by atoms with Crippen LogP contribution in [-0.4, -0.2) is 57.5 Å². The van der Waals surface area contributed by atoms with Crippen LogP contribution in [0.15, 0.2) is 5.16 Å². The van der Waals surface area contributed by atoms with Gasteiger partial charge < -0.3 is 10.6 Å². The Morgan fingerprint density at radius 2 is 2.20 bits per heavy atom. The van der Waals surface area contributed by atoms with Gasteiger partial charge in [-0.15, -0.1) is 5.10 Å². The van der Waals surface area contributed by atoms with Crippen LogP contribution in [0.2, 0.25) is 0 Å². The Bertz CT molecular complexity index is 451. The van der Waals surface area contributed by atoms with Crippen molar-refractivity contribution in [2.24, 2.45) is 0 Å². The van der Waals surface area contributed by atoms with Crippen LogP contribution in [-0.2, 0) is 11.3 Å². The minimum absolute atomic E-state index is 0.385. The highest BCUT2D eigenvalue weighted by Crippen LogP contribution is 2.19. The smallest absolute Gasteiger partial charge is 0.321 e. The van der Waals surface area contributed by atoms with E-state index in [1.54, 1.807) is 18.5 Å². The number of amides is 3. The van der Waals surface area contributed by atoms with E-state index < -0.39 is 11.3 Å². The van der Waals surface area contributed by atoms with Crippen molar-refractivity contribution in [1.82, 2.24) is 36.2 Å². The van der Waals surface area contributed by atoms with Gasteiger partial charge in [0.25, 0.3) is 0 Å². The third kappa shape index (κ3) is 5.13. The third-order valence-electron chi connectivity index (χ3n) is 2.30. The molecule has 0 aromatic carbocycles. The van der Waals surface area contributed by atoms with E-state index in [9.17, 15) is 9.59 Å². The number of nitrogens with zero attached hydrogens (tertiary/aromatic N) is 4. The Balaban J connectivity index is 2.52. The summed E-state index contributed by atoms with van der Waals surface area (Å²) in [6, 6.07) is -0.500. The van der Waals surface area contributed by atoms with Crippen molar-refractivity contribution in [3.8, 4) is 0 Å². The highest BCUT2D eigenvalue weighted by molar-refractivity contribution is 8.00. The predicted octanol–water partition coefficient (Wildman–Crippen LogP) is -0.781. The number of hydrogen-bond donors (Lipinski definition) is 3. The van der Waals surface area contributed by atoms with Gasteiger partial charge in [-0.2, -0.15) is 0 Å². The van der Waals surface area contributed by atoms with Gasteiger partial charge >= 0.3 is 6.03 Å². The molecule has 0 bridgehead atoms. The minimum Gasteiger partial charge on any atom is -0.338 e. The summed E-state index contributed by atoms with van der Waals surface area (Å²) >= 11 is 1.20. The average Bonchev–Trinajstić information content (AvgIpc) is 2.83. The van der Waals surface area contributed by atoms with Crippen LogP contribution in [0.3, 0.4) is 0 Å². The fraction of sp³-hybridized carbons (Fsp3) is 0.700. The first kappa shape index (κ1) is 16.4. The molecule has 1 aromatic rings. The molecule has 20 heavy (non-hydrogen) atoms. The molecule has 3 N–H and O–H groups in total. The Kier molecular flexibility index (Phi) is 6.94. The number of carbonyl (C=O) groups excluding carboxylic acids is 2. The van der Waals surface area contributed by atoms with Gasteiger partial charge in [-0.25, -0.2) is 9.48 Å². The number of aromatic nitrogens is 4. The minimum atomic E-state index is -0.500. The van der Waals surface area contributed by atoms with Crippen LogP contribution in [0, 0.1) is 0 Å². The fourth-order valence-corrected chi connectivity index (χ4v) is 2.08. The number of hydrogen-bond acceptors (Lipinski definition) is 7. The SMILES string of the molecule is CCNC(=O)NC(=O)C(C)Sc1nnnn1CCNC. The summed E-state index contributed by atoms with van der Waals surface area (Å²) in [6.07, 6.45) is 0. The third-order valence-corrected chi connectivity index (χ3v) is 3.37. The highest BCUT2D eigenvalue weighted by atomic mass is 32.2. The van der Waals surface area contributed by atoms with E-state index in [2.05, 4.69) is 31.5 Å². The monoisotopic (exact) mass is 301 g/mol. The summed E-state index contributed by atoms with van der Waals surface area (Å²) in [5.74, 6) is -0.385. The van der Waals surface area contributed by atoms with Gasteiger partial charge in [-0.1, -0.05) is 11.8 Å². The number of carbonyl (C=O) groups is 2. The molecule has 10 heteroatoms. The van der Waals surface area contributed by atoms with Gasteiger partial charge in [0.05, 0.1) is 11.8 Å². The number of rotatable bonds is 7. The molecule has 1 rings (SSSR count). The van der Waals surface area contributed by atoms with Crippen molar-refractivity contribution in [2.45, 2.75) is 30.8 Å². The van der Waals surface area contributed by atoms with Crippen LogP contribution >= 0.6 is 11.8 Å². The number of nitrogens with one attached hydrogen (secondary N) is 3. The maximum atomic E-state index is 11.8. The first-order chi connectivity index (χ1) is 9.58. The fourth-order valence-electron chi connectivity index (χ4n) is 1.27. The molecular formula is C10H19N7O2S. The molecule has 1 aromatic heterocycles. The molecule has 1 atom stereocenters. The standard InChI is InChI=1S/C10H19N7O2S/c1-4-12-9(19)13-8(18)7(2)20-10-14-15-16-17(10)6-5-11-3/h7,11H,4-6H2,1-3H3,(H2,12,13,18,19). The largest absolute Gasteiger partial charge is 0.338 e. The summed E-state index contributed by atoms with van der Waals surface area (Å²) in [7, 11) is 1.83. The molecule has 0 fully saturated rings. The van der Waals surface area contributed by atoms with Gasteiger partial charge in [-0.05, 0) is 31.3 Å². The van der Waals surface area contributed by atoms with Gasteiger partial charge in [0, 0.05) is 13.1 Å². The van der Waals surface area contributed by atoms with Crippen molar-refractivity contribution < 1.29 is 9.59 Å². The zero-order valence-electron chi connectivity index (χ0n) is 11.7. The molecular weight excluding hydrogens is 282 g/mol. The summed E-state index contributed by atoms with van der Waals surface area (Å²) < 4.78 is 1.61. The van der Waals surface area contributed by atoms with E-state index in [4.69, 9.17) is 0 Å². The van der Waals surface area contributed by atoms with Crippen molar-refractivity contribution in [1.29, 1.82) is 0 Å². The second kappa shape index (κ2) is 8.48. The average molecular weight is 301 g/mol. The molecule has 0 radical (unpaired) electrons. The van der Waals surface area contributed by atoms with Crippen molar-refractivity contribution >= 4 is 23.7 Å². The second-order valence-corrected chi connectivity index (χ2v) is 5.20. The highest BCUT2D eigenvalue weighted by Gasteiger charge is 2.19. The Labute approximate surface area is 121 Å². The van der Waals surface area contributed by atoms with Crippen molar-refractivity contribution in [3.05, 3.63) is 0 Å². The van der Waals surface area contributed by atoms with E-state index in [1.165, 1.54) is 11.8 Å². The van der Waals surface area contributed by atoms with Crippen molar-refractivity contribution in [3.63, 3.8) is 0 Å². The number of thioether (sulfide) groups is 1. The number of tetrazole rings is 1. The molecule has 9 nitrogen and oxygen atoms in total. The van der Waals surface area contributed by atoms with Gasteiger partial charge in [0.1, 0.15) is 0 Å². The van der Waals surface area contributed by atoms with E-state index in [0.29, 0.717) is 18.2 Å². The molecule has 0 spiro atoms. The lowest BCUT2D eigenvalue weighted by atomic mass is 10.4. The lowest BCUT2D eigenvalue weighted by molar-refractivity contribution is -0.119. The molecule has 1 heterocycles.